The van der Waals surface area contributed by atoms with Gasteiger partial charge in [0.25, 0.3) is 0 Å². The van der Waals surface area contributed by atoms with Crippen molar-refractivity contribution in [1.82, 2.24) is 0 Å². The number of benzene rings is 8. The number of para-hydroxylation sites is 2. The number of rotatable bonds is 3. The van der Waals surface area contributed by atoms with Crippen LogP contribution < -0.4 is 20.8 Å². The van der Waals surface area contributed by atoms with Crippen LogP contribution in [0.5, 0.6) is 0 Å². The summed E-state index contributed by atoms with van der Waals surface area (Å²) in [6, 6.07) is 68.1. The average molecular weight is 739 g/mol. The SMILES string of the molecule is N#Cc1ccc(-c2ccc3c(c2)N(c2ccccc2)c2ccccc2C32c3ccccc3P(=O)(c3ccccc3)c3cc4sc5ccccc5c4cc32)cc1. The molecule has 5 heteroatoms. The normalized spacial score (nSPS) is 18.0. The molecule has 3 heterocycles. The van der Waals surface area contributed by atoms with E-state index < -0.39 is 12.6 Å². The molecule has 0 aliphatic carbocycles. The molecule has 2 aliphatic rings. The van der Waals surface area contributed by atoms with E-state index in [-0.39, 0.29) is 0 Å². The van der Waals surface area contributed by atoms with Crippen LogP contribution in [0.25, 0.3) is 31.3 Å². The van der Waals surface area contributed by atoms with Crippen molar-refractivity contribution < 1.29 is 4.57 Å². The summed E-state index contributed by atoms with van der Waals surface area (Å²) in [5.74, 6) is 0. The molecule has 1 aromatic heterocycles. The van der Waals surface area contributed by atoms with Crippen molar-refractivity contribution in [2.45, 2.75) is 5.41 Å². The van der Waals surface area contributed by atoms with Crippen LogP contribution in [-0.2, 0) is 9.98 Å². The summed E-state index contributed by atoms with van der Waals surface area (Å²) in [4.78, 5) is 2.38. The van der Waals surface area contributed by atoms with Gasteiger partial charge in [-0.3, -0.25) is 0 Å². The molecule has 0 saturated heterocycles. The van der Waals surface area contributed by atoms with E-state index in [2.05, 4.69) is 138 Å². The highest BCUT2D eigenvalue weighted by Gasteiger charge is 2.55. The number of hydrogen-bond acceptors (Lipinski definition) is 4. The zero-order chi connectivity index (χ0) is 36.7. The largest absolute Gasteiger partial charge is 0.310 e. The molecule has 3 nitrogen and oxygen atoms in total. The maximum atomic E-state index is 16.5. The Hall–Kier alpha value is -6.50. The molecule has 258 valence electrons. The monoisotopic (exact) mass is 738 g/mol. The number of nitriles is 1. The highest BCUT2D eigenvalue weighted by molar-refractivity contribution is 7.85. The smallest absolute Gasteiger partial charge is 0.171 e. The topological polar surface area (TPSA) is 44.1 Å². The third-order valence-electron chi connectivity index (χ3n) is 11.6. The van der Waals surface area contributed by atoms with Crippen LogP contribution in [0.15, 0.2) is 188 Å². The first-order chi connectivity index (χ1) is 27.1. The standard InChI is InChI=1S/C50H31N2OPS/c51-32-33-23-25-34(26-24-33)35-27-28-41-45(29-35)52(36-13-3-1-4-14-36)44-20-10-8-18-40(44)50(41)42-19-9-11-21-46(42)54(53,37-15-5-2-6-16-37)47-31-49-39(30-43(47)50)38-17-7-12-22-48(38)55-49/h1-31H. The van der Waals surface area contributed by atoms with E-state index in [1.54, 1.807) is 11.3 Å². The van der Waals surface area contributed by atoms with E-state index in [0.717, 1.165) is 71.1 Å². The van der Waals surface area contributed by atoms with Gasteiger partial charge in [-0.1, -0.05) is 133 Å². The molecule has 55 heavy (non-hydrogen) atoms. The maximum absolute atomic E-state index is 16.5. The quantitative estimate of drug-likeness (QED) is 0.170. The third kappa shape index (κ3) is 4.40. The number of hydrogen-bond donors (Lipinski definition) is 0. The predicted octanol–water partition coefficient (Wildman–Crippen LogP) is 11.7. The average Bonchev–Trinajstić information content (AvgIpc) is 3.63. The van der Waals surface area contributed by atoms with Crippen LogP contribution in [0.1, 0.15) is 27.8 Å². The van der Waals surface area contributed by atoms with Crippen molar-refractivity contribution in [3.8, 4) is 17.2 Å². The Balaban J connectivity index is 1.33. The Morgan fingerprint density at radius 1 is 0.509 bits per heavy atom. The fourth-order valence-electron chi connectivity index (χ4n) is 9.22. The molecule has 0 radical (unpaired) electrons. The third-order valence-corrected chi connectivity index (χ3v) is 15.8. The van der Waals surface area contributed by atoms with Gasteiger partial charge >= 0.3 is 0 Å². The predicted molar refractivity (Wildman–Crippen MR) is 229 cm³/mol. The highest BCUT2D eigenvalue weighted by Crippen LogP contribution is 2.63. The van der Waals surface area contributed by atoms with E-state index in [4.69, 9.17) is 0 Å². The molecule has 8 aromatic carbocycles. The van der Waals surface area contributed by atoms with E-state index >= 15 is 4.57 Å². The lowest BCUT2D eigenvalue weighted by Gasteiger charge is -2.50. The summed E-state index contributed by atoms with van der Waals surface area (Å²) in [5, 5.41) is 14.5. The molecular weight excluding hydrogens is 708 g/mol. The molecule has 1 spiro atoms. The van der Waals surface area contributed by atoms with Gasteiger partial charge in [0.05, 0.1) is 28.4 Å². The first-order valence-electron chi connectivity index (χ1n) is 18.4. The summed E-state index contributed by atoms with van der Waals surface area (Å²) < 4.78 is 18.9. The van der Waals surface area contributed by atoms with E-state index in [1.807, 2.05) is 60.7 Å². The van der Waals surface area contributed by atoms with Gasteiger partial charge in [-0.15, -0.1) is 11.3 Å². The molecule has 0 fully saturated rings. The Labute approximate surface area is 323 Å². The zero-order valence-corrected chi connectivity index (χ0v) is 31.3. The van der Waals surface area contributed by atoms with Crippen molar-refractivity contribution in [3.63, 3.8) is 0 Å². The minimum absolute atomic E-state index is 0.631. The molecule has 0 saturated carbocycles. The molecule has 11 rings (SSSR count). The van der Waals surface area contributed by atoms with E-state index in [9.17, 15) is 5.26 Å². The summed E-state index contributed by atoms with van der Waals surface area (Å²) in [6.45, 7) is 0. The second-order valence-electron chi connectivity index (χ2n) is 14.3. The Kier molecular flexibility index (Phi) is 6.98. The lowest BCUT2D eigenvalue weighted by Crippen LogP contribution is -2.49. The molecule has 2 atom stereocenters. The van der Waals surface area contributed by atoms with E-state index in [0.29, 0.717) is 5.56 Å². The minimum atomic E-state index is -3.38. The Bertz CT molecular complexity index is 3090. The summed E-state index contributed by atoms with van der Waals surface area (Å²) in [5.41, 5.74) is 9.46. The fraction of sp³-hybridized carbons (Fsp3) is 0.0200. The zero-order valence-electron chi connectivity index (χ0n) is 29.6. The van der Waals surface area contributed by atoms with Gasteiger partial charge in [-0.25, -0.2) is 0 Å². The Morgan fingerprint density at radius 2 is 1.16 bits per heavy atom. The number of fused-ring (bicyclic) bond motifs is 11. The fourth-order valence-corrected chi connectivity index (χ4v) is 13.6. The van der Waals surface area contributed by atoms with Crippen LogP contribution in [0.3, 0.4) is 0 Å². The lowest BCUT2D eigenvalue weighted by molar-refractivity contribution is 0.590. The van der Waals surface area contributed by atoms with Crippen molar-refractivity contribution in [2.75, 3.05) is 4.90 Å². The molecule has 2 aliphatic heterocycles. The van der Waals surface area contributed by atoms with Gasteiger partial charge in [0.1, 0.15) is 0 Å². The van der Waals surface area contributed by atoms with Crippen molar-refractivity contribution >= 4 is 71.6 Å². The van der Waals surface area contributed by atoms with Gasteiger partial charge in [-0.2, -0.15) is 5.26 Å². The summed E-state index contributed by atoms with van der Waals surface area (Å²) in [6.07, 6.45) is 0. The molecule has 0 bridgehead atoms. The first kappa shape index (κ1) is 32.0. The summed E-state index contributed by atoms with van der Waals surface area (Å²) in [7, 11) is -3.38. The van der Waals surface area contributed by atoms with Gasteiger partial charge in [0.2, 0.25) is 0 Å². The minimum Gasteiger partial charge on any atom is -0.310 e. The van der Waals surface area contributed by atoms with Crippen LogP contribution in [0.2, 0.25) is 0 Å². The van der Waals surface area contributed by atoms with Crippen LogP contribution >= 0.6 is 18.5 Å². The van der Waals surface area contributed by atoms with Crippen LogP contribution in [-0.4, -0.2) is 0 Å². The lowest BCUT2D eigenvalue weighted by atomic mass is 9.62. The molecular formula is C50H31N2OPS. The second kappa shape index (κ2) is 12.0. The summed E-state index contributed by atoms with van der Waals surface area (Å²) >= 11 is 1.77. The number of anilines is 3. The second-order valence-corrected chi connectivity index (χ2v) is 18.1. The maximum Gasteiger partial charge on any atom is 0.171 e. The van der Waals surface area contributed by atoms with Crippen LogP contribution in [0.4, 0.5) is 17.1 Å². The molecule has 9 aromatic rings. The molecule has 2 unspecified atom stereocenters. The van der Waals surface area contributed by atoms with Crippen molar-refractivity contribution in [1.29, 1.82) is 5.26 Å². The van der Waals surface area contributed by atoms with Gasteiger partial charge in [0.15, 0.2) is 7.14 Å². The van der Waals surface area contributed by atoms with Gasteiger partial charge in [-0.05, 0) is 88.0 Å². The first-order valence-corrected chi connectivity index (χ1v) is 20.9. The molecule has 0 N–H and O–H groups in total. The Morgan fingerprint density at radius 3 is 1.96 bits per heavy atom. The number of nitrogens with zero attached hydrogens (tertiary/aromatic N) is 2. The van der Waals surface area contributed by atoms with Crippen LogP contribution in [0, 0.1) is 11.3 Å². The highest BCUT2D eigenvalue weighted by atomic mass is 32.1. The van der Waals surface area contributed by atoms with Crippen molar-refractivity contribution in [3.05, 3.63) is 216 Å². The molecule has 0 amide bonds. The van der Waals surface area contributed by atoms with Gasteiger partial charge in [0, 0.05) is 41.8 Å². The van der Waals surface area contributed by atoms with Crippen molar-refractivity contribution in [2.24, 2.45) is 0 Å². The number of thiophene rings is 1. The van der Waals surface area contributed by atoms with E-state index in [1.165, 1.54) is 15.5 Å². The van der Waals surface area contributed by atoms with Gasteiger partial charge < -0.3 is 9.46 Å².